The first kappa shape index (κ1) is 14.4. The van der Waals surface area contributed by atoms with Crippen molar-refractivity contribution < 1.29 is 5.11 Å². The largest absolute Gasteiger partial charge is 0.390 e. The van der Waals surface area contributed by atoms with E-state index in [4.69, 9.17) is 0 Å². The molecule has 4 nitrogen and oxygen atoms in total. The van der Waals surface area contributed by atoms with Gasteiger partial charge in [0.25, 0.3) is 0 Å². The number of hydrogen-bond donors (Lipinski definition) is 1. The van der Waals surface area contributed by atoms with Crippen LogP contribution in [0.3, 0.4) is 0 Å². The first-order valence-corrected chi connectivity index (χ1v) is 7.15. The lowest BCUT2D eigenvalue weighted by molar-refractivity contribution is 0.276. The van der Waals surface area contributed by atoms with Crippen LogP contribution in [-0.2, 0) is 12.0 Å². The van der Waals surface area contributed by atoms with E-state index in [-0.39, 0.29) is 6.61 Å². The number of rotatable bonds is 4. The molecule has 0 aliphatic heterocycles. The molecule has 3 rings (SSSR count). The summed E-state index contributed by atoms with van der Waals surface area (Å²) in [6.45, 7) is 1.97. The topological polar surface area (TPSA) is 58.9 Å². The number of nitrogens with zero attached hydrogens (tertiary/aromatic N) is 3. The van der Waals surface area contributed by atoms with Crippen LogP contribution in [-0.4, -0.2) is 20.1 Å². The third kappa shape index (κ3) is 2.49. The molecule has 0 radical (unpaired) electrons. The minimum atomic E-state index is -0.576. The highest BCUT2D eigenvalue weighted by Gasteiger charge is 2.35. The summed E-state index contributed by atoms with van der Waals surface area (Å²) in [5.41, 5.74) is 2.62. The lowest BCUT2D eigenvalue weighted by atomic mass is 9.78. The van der Waals surface area contributed by atoms with Crippen LogP contribution in [0.1, 0.15) is 29.7 Å². The van der Waals surface area contributed by atoms with E-state index in [9.17, 15) is 5.11 Å². The molecular formula is C18H17N3O. The first-order valence-electron chi connectivity index (χ1n) is 7.15. The van der Waals surface area contributed by atoms with Crippen molar-refractivity contribution in [3.05, 3.63) is 89.8 Å². The van der Waals surface area contributed by atoms with E-state index in [0.29, 0.717) is 5.69 Å². The summed E-state index contributed by atoms with van der Waals surface area (Å²) < 4.78 is 0. The number of aromatic nitrogens is 3. The van der Waals surface area contributed by atoms with Crippen LogP contribution in [0.15, 0.2) is 67.0 Å². The van der Waals surface area contributed by atoms with E-state index < -0.39 is 5.41 Å². The van der Waals surface area contributed by atoms with E-state index in [1.165, 1.54) is 0 Å². The molecule has 3 heterocycles. The second-order valence-electron chi connectivity index (χ2n) is 5.23. The average Bonchev–Trinajstić information content (AvgIpc) is 2.62. The summed E-state index contributed by atoms with van der Waals surface area (Å²) in [6.07, 6.45) is 3.54. The van der Waals surface area contributed by atoms with Crippen molar-refractivity contribution in [1.29, 1.82) is 0 Å². The second-order valence-corrected chi connectivity index (χ2v) is 5.23. The van der Waals surface area contributed by atoms with Crippen LogP contribution in [0.25, 0.3) is 0 Å². The van der Waals surface area contributed by atoms with Gasteiger partial charge in [0, 0.05) is 12.4 Å². The Balaban J connectivity index is 2.23. The highest BCUT2D eigenvalue weighted by atomic mass is 16.3. The van der Waals surface area contributed by atoms with E-state index in [1.54, 1.807) is 18.5 Å². The fourth-order valence-electron chi connectivity index (χ4n) is 2.56. The van der Waals surface area contributed by atoms with Gasteiger partial charge in [-0.05, 0) is 43.3 Å². The maximum atomic E-state index is 9.38. The van der Waals surface area contributed by atoms with Gasteiger partial charge < -0.3 is 5.11 Å². The van der Waals surface area contributed by atoms with Crippen LogP contribution in [0.2, 0.25) is 0 Å². The van der Waals surface area contributed by atoms with Gasteiger partial charge in [-0.2, -0.15) is 0 Å². The third-order valence-electron chi connectivity index (χ3n) is 3.84. The predicted molar refractivity (Wildman–Crippen MR) is 84.2 cm³/mol. The summed E-state index contributed by atoms with van der Waals surface area (Å²) in [4.78, 5) is 13.6. The molecule has 0 bridgehead atoms. The summed E-state index contributed by atoms with van der Waals surface area (Å²) in [6, 6.07) is 17.3. The van der Waals surface area contributed by atoms with Gasteiger partial charge in [0.15, 0.2) is 0 Å². The SMILES string of the molecule is CC(c1ccccn1)(c1ccccn1)c1cccc(CO)n1. The zero-order chi connectivity index (χ0) is 15.4. The van der Waals surface area contributed by atoms with Crippen LogP contribution >= 0.6 is 0 Å². The Morgan fingerprint density at radius 1 is 0.818 bits per heavy atom. The molecule has 3 aromatic rings. The minimum Gasteiger partial charge on any atom is -0.390 e. The Bertz CT molecular complexity index is 705. The van der Waals surface area contributed by atoms with Gasteiger partial charge in [-0.3, -0.25) is 15.0 Å². The van der Waals surface area contributed by atoms with E-state index in [2.05, 4.69) is 21.9 Å². The van der Waals surface area contributed by atoms with Crippen molar-refractivity contribution in [1.82, 2.24) is 15.0 Å². The molecule has 0 saturated heterocycles. The Labute approximate surface area is 129 Å². The Morgan fingerprint density at radius 2 is 1.41 bits per heavy atom. The van der Waals surface area contributed by atoms with Gasteiger partial charge in [-0.15, -0.1) is 0 Å². The maximum absolute atomic E-state index is 9.38. The molecule has 0 fully saturated rings. The molecule has 0 saturated carbocycles. The smallest absolute Gasteiger partial charge is 0.0939 e. The molecule has 110 valence electrons. The molecular weight excluding hydrogens is 274 g/mol. The van der Waals surface area contributed by atoms with Crippen molar-refractivity contribution >= 4 is 0 Å². The molecule has 0 spiro atoms. The minimum absolute atomic E-state index is 0.0889. The highest BCUT2D eigenvalue weighted by Crippen LogP contribution is 2.35. The maximum Gasteiger partial charge on any atom is 0.0939 e. The lowest BCUT2D eigenvalue weighted by Crippen LogP contribution is -2.29. The quantitative estimate of drug-likeness (QED) is 0.803. The molecule has 22 heavy (non-hydrogen) atoms. The molecule has 3 aromatic heterocycles. The van der Waals surface area contributed by atoms with E-state index in [0.717, 1.165) is 17.1 Å². The molecule has 1 N–H and O–H groups in total. The fourth-order valence-corrected chi connectivity index (χ4v) is 2.56. The van der Waals surface area contributed by atoms with Gasteiger partial charge in [0.1, 0.15) is 0 Å². The van der Waals surface area contributed by atoms with Crippen molar-refractivity contribution in [3.63, 3.8) is 0 Å². The molecule has 0 unspecified atom stereocenters. The zero-order valence-electron chi connectivity index (χ0n) is 12.3. The Kier molecular flexibility index (Phi) is 3.94. The summed E-state index contributed by atoms with van der Waals surface area (Å²) in [5, 5.41) is 9.38. The molecule has 0 aliphatic carbocycles. The van der Waals surface area contributed by atoms with Gasteiger partial charge >= 0.3 is 0 Å². The third-order valence-corrected chi connectivity index (χ3v) is 3.84. The van der Waals surface area contributed by atoms with Crippen molar-refractivity contribution in [2.24, 2.45) is 0 Å². The van der Waals surface area contributed by atoms with Crippen molar-refractivity contribution in [2.45, 2.75) is 18.9 Å². The van der Waals surface area contributed by atoms with Crippen LogP contribution in [0.4, 0.5) is 0 Å². The standard InChI is InChI=1S/C18H17N3O/c1-18(15-8-2-4-11-19-15,16-9-3-5-12-20-16)17-10-6-7-14(13-22)21-17/h2-12,22H,13H2,1H3. The van der Waals surface area contributed by atoms with E-state index in [1.807, 2.05) is 48.5 Å². The molecule has 0 amide bonds. The van der Waals surface area contributed by atoms with Crippen LogP contribution in [0.5, 0.6) is 0 Å². The zero-order valence-corrected chi connectivity index (χ0v) is 12.3. The normalized spacial score (nSPS) is 11.4. The monoisotopic (exact) mass is 291 g/mol. The second kappa shape index (κ2) is 6.03. The Hall–Kier alpha value is -2.59. The van der Waals surface area contributed by atoms with Gasteiger partial charge in [-0.25, -0.2) is 0 Å². The number of aliphatic hydroxyl groups is 1. The number of aliphatic hydroxyl groups excluding tert-OH is 1. The van der Waals surface area contributed by atoms with Gasteiger partial charge in [0.2, 0.25) is 0 Å². The average molecular weight is 291 g/mol. The van der Waals surface area contributed by atoms with Gasteiger partial charge in [-0.1, -0.05) is 18.2 Å². The fraction of sp³-hybridized carbons (Fsp3) is 0.167. The number of pyridine rings is 3. The van der Waals surface area contributed by atoms with Crippen LogP contribution in [0, 0.1) is 0 Å². The van der Waals surface area contributed by atoms with Crippen LogP contribution < -0.4 is 0 Å². The Morgan fingerprint density at radius 3 is 1.91 bits per heavy atom. The lowest BCUT2D eigenvalue weighted by Gasteiger charge is -2.28. The van der Waals surface area contributed by atoms with E-state index >= 15 is 0 Å². The summed E-state index contributed by atoms with van der Waals surface area (Å²) >= 11 is 0. The summed E-state index contributed by atoms with van der Waals surface area (Å²) in [7, 11) is 0. The molecule has 0 atom stereocenters. The van der Waals surface area contributed by atoms with Gasteiger partial charge in [0.05, 0.1) is 34.8 Å². The first-order chi connectivity index (χ1) is 10.7. The predicted octanol–water partition coefficient (Wildman–Crippen LogP) is 2.72. The molecule has 0 aromatic carbocycles. The van der Waals surface area contributed by atoms with Crippen molar-refractivity contribution in [3.8, 4) is 0 Å². The summed E-state index contributed by atoms with van der Waals surface area (Å²) in [5.74, 6) is 0. The highest BCUT2D eigenvalue weighted by molar-refractivity contribution is 5.41. The number of hydrogen-bond acceptors (Lipinski definition) is 4. The van der Waals surface area contributed by atoms with Crippen molar-refractivity contribution in [2.75, 3.05) is 0 Å². The molecule has 0 aliphatic rings. The molecule has 4 heteroatoms.